The molecule has 0 saturated heterocycles. The first-order valence-corrected chi connectivity index (χ1v) is 6.79. The normalized spacial score (nSPS) is 28.1. The van der Waals surface area contributed by atoms with E-state index in [9.17, 15) is 14.4 Å². The Morgan fingerprint density at radius 2 is 2.10 bits per heavy atom. The third-order valence-electron chi connectivity index (χ3n) is 4.10. The number of amides is 1. The zero-order valence-corrected chi connectivity index (χ0v) is 11.4. The molecule has 1 amide bonds. The van der Waals surface area contributed by atoms with Crippen molar-refractivity contribution in [3.05, 3.63) is 12.2 Å². The Hall–Kier alpha value is -1.85. The number of carboxylic acid groups (broad SMARTS) is 1. The lowest BCUT2D eigenvalue weighted by atomic mass is 9.92. The number of allylic oxidation sites excluding steroid dienone is 2. The van der Waals surface area contributed by atoms with Crippen LogP contribution in [-0.2, 0) is 19.1 Å². The van der Waals surface area contributed by atoms with Crippen LogP contribution in [0.25, 0.3) is 0 Å². The van der Waals surface area contributed by atoms with Gasteiger partial charge in [-0.3, -0.25) is 9.59 Å². The Morgan fingerprint density at radius 1 is 1.35 bits per heavy atom. The molecule has 6 nitrogen and oxygen atoms in total. The fourth-order valence-corrected chi connectivity index (χ4v) is 2.98. The molecule has 0 spiro atoms. The van der Waals surface area contributed by atoms with Crippen molar-refractivity contribution < 1.29 is 24.2 Å². The lowest BCUT2D eigenvalue weighted by molar-refractivity contribution is -0.144. The largest absolute Gasteiger partial charge is 0.480 e. The van der Waals surface area contributed by atoms with Gasteiger partial charge in [0, 0.05) is 12.3 Å². The van der Waals surface area contributed by atoms with Crippen LogP contribution in [0, 0.1) is 17.8 Å². The summed E-state index contributed by atoms with van der Waals surface area (Å²) in [5, 5.41) is 11.6. The van der Waals surface area contributed by atoms with Gasteiger partial charge in [-0.25, -0.2) is 4.79 Å². The summed E-state index contributed by atoms with van der Waals surface area (Å²) in [6.45, 7) is 0. The van der Waals surface area contributed by atoms with Gasteiger partial charge in [-0.1, -0.05) is 12.2 Å². The van der Waals surface area contributed by atoms with Crippen LogP contribution < -0.4 is 5.32 Å². The van der Waals surface area contributed by atoms with E-state index in [1.54, 1.807) is 0 Å². The van der Waals surface area contributed by atoms with Gasteiger partial charge in [-0.15, -0.1) is 0 Å². The van der Waals surface area contributed by atoms with Crippen molar-refractivity contribution in [1.29, 1.82) is 0 Å². The van der Waals surface area contributed by atoms with E-state index in [0.717, 1.165) is 12.8 Å². The molecule has 2 aliphatic rings. The number of carbonyl (C=O) groups is 3. The van der Waals surface area contributed by atoms with Gasteiger partial charge in [0.25, 0.3) is 0 Å². The highest BCUT2D eigenvalue weighted by Gasteiger charge is 2.40. The molecule has 6 heteroatoms. The molecule has 0 aliphatic heterocycles. The molecule has 4 unspecified atom stereocenters. The average molecular weight is 281 g/mol. The van der Waals surface area contributed by atoms with E-state index < -0.39 is 18.0 Å². The standard InChI is InChI=1S/C14H19NO5/c1-20-12(16)5-4-11(14(18)19)15-13(17)10-7-8-2-3-9(10)6-8/h2-3,8-11H,4-7H2,1H3,(H,15,17)(H,18,19). The molecular formula is C14H19NO5. The maximum atomic E-state index is 12.1. The number of ether oxygens (including phenoxy) is 1. The zero-order valence-electron chi connectivity index (χ0n) is 11.4. The van der Waals surface area contributed by atoms with Gasteiger partial charge in [0.05, 0.1) is 7.11 Å². The minimum absolute atomic E-state index is 0.0234. The van der Waals surface area contributed by atoms with Crippen molar-refractivity contribution in [3.63, 3.8) is 0 Å². The van der Waals surface area contributed by atoms with E-state index in [1.807, 2.05) is 6.08 Å². The van der Waals surface area contributed by atoms with Gasteiger partial charge < -0.3 is 15.2 Å². The van der Waals surface area contributed by atoms with Gasteiger partial charge in [0.15, 0.2) is 0 Å². The van der Waals surface area contributed by atoms with E-state index in [1.165, 1.54) is 7.11 Å². The highest BCUT2D eigenvalue weighted by Crippen LogP contribution is 2.43. The Bertz CT molecular complexity index is 445. The third-order valence-corrected chi connectivity index (χ3v) is 4.10. The number of hydrogen-bond donors (Lipinski definition) is 2. The van der Waals surface area contributed by atoms with E-state index in [-0.39, 0.29) is 30.6 Å². The Morgan fingerprint density at radius 3 is 2.60 bits per heavy atom. The third kappa shape index (κ3) is 3.18. The van der Waals surface area contributed by atoms with Crippen molar-refractivity contribution >= 4 is 17.8 Å². The van der Waals surface area contributed by atoms with Crippen LogP contribution in [0.4, 0.5) is 0 Å². The van der Waals surface area contributed by atoms with Crippen molar-refractivity contribution in [3.8, 4) is 0 Å². The minimum Gasteiger partial charge on any atom is -0.480 e. The van der Waals surface area contributed by atoms with Gasteiger partial charge >= 0.3 is 11.9 Å². The zero-order chi connectivity index (χ0) is 14.7. The molecule has 110 valence electrons. The molecule has 0 radical (unpaired) electrons. The van der Waals surface area contributed by atoms with Crippen molar-refractivity contribution in [2.45, 2.75) is 31.7 Å². The van der Waals surface area contributed by atoms with E-state index >= 15 is 0 Å². The second-order valence-electron chi connectivity index (χ2n) is 5.40. The Labute approximate surface area is 117 Å². The maximum absolute atomic E-state index is 12.1. The molecule has 2 N–H and O–H groups in total. The second-order valence-corrected chi connectivity index (χ2v) is 5.40. The molecule has 1 saturated carbocycles. The van der Waals surface area contributed by atoms with Crippen LogP contribution in [0.5, 0.6) is 0 Å². The number of rotatable bonds is 6. The van der Waals surface area contributed by atoms with Gasteiger partial charge in [0.1, 0.15) is 6.04 Å². The predicted molar refractivity (Wildman–Crippen MR) is 69.7 cm³/mol. The first kappa shape index (κ1) is 14.6. The molecule has 0 heterocycles. The van der Waals surface area contributed by atoms with Crippen molar-refractivity contribution in [1.82, 2.24) is 5.32 Å². The van der Waals surface area contributed by atoms with Gasteiger partial charge in [-0.05, 0) is 31.1 Å². The van der Waals surface area contributed by atoms with Crippen LogP contribution in [0.15, 0.2) is 12.2 Å². The SMILES string of the molecule is COC(=O)CCC(NC(=O)C1CC2C=CC1C2)C(=O)O. The molecule has 4 atom stereocenters. The number of aliphatic carboxylic acids is 1. The minimum atomic E-state index is -1.12. The molecule has 20 heavy (non-hydrogen) atoms. The first-order chi connectivity index (χ1) is 9.51. The Balaban J connectivity index is 1.88. The lowest BCUT2D eigenvalue weighted by Gasteiger charge is -2.21. The molecule has 0 aromatic rings. The highest BCUT2D eigenvalue weighted by atomic mass is 16.5. The number of hydrogen-bond acceptors (Lipinski definition) is 4. The number of carboxylic acids is 1. The van der Waals surface area contributed by atoms with Crippen LogP contribution in [-0.4, -0.2) is 36.1 Å². The summed E-state index contributed by atoms with van der Waals surface area (Å²) in [5.41, 5.74) is 0. The molecule has 0 aromatic carbocycles. The van der Waals surface area contributed by atoms with Crippen LogP contribution in [0.2, 0.25) is 0 Å². The highest BCUT2D eigenvalue weighted by molar-refractivity contribution is 5.86. The number of fused-ring (bicyclic) bond motifs is 2. The summed E-state index contributed by atoms with van der Waals surface area (Å²) in [6.07, 6.45) is 5.96. The predicted octanol–water partition coefficient (Wildman–Crippen LogP) is 0.721. The Kier molecular flexibility index (Phi) is 4.42. The van der Waals surface area contributed by atoms with E-state index in [4.69, 9.17) is 5.11 Å². The summed E-state index contributed by atoms with van der Waals surface area (Å²) in [6, 6.07) is -1.04. The molecule has 2 rings (SSSR count). The van der Waals surface area contributed by atoms with Gasteiger partial charge in [0.2, 0.25) is 5.91 Å². The quantitative estimate of drug-likeness (QED) is 0.553. The number of nitrogens with one attached hydrogen (secondary N) is 1. The monoisotopic (exact) mass is 281 g/mol. The second kappa shape index (κ2) is 6.07. The van der Waals surface area contributed by atoms with Crippen LogP contribution >= 0.6 is 0 Å². The average Bonchev–Trinajstić information content (AvgIpc) is 3.04. The van der Waals surface area contributed by atoms with Gasteiger partial charge in [-0.2, -0.15) is 0 Å². The number of carbonyl (C=O) groups excluding carboxylic acids is 2. The molecule has 1 fully saturated rings. The molecule has 0 aromatic heterocycles. The number of methoxy groups -OCH3 is 1. The topological polar surface area (TPSA) is 92.7 Å². The molecule has 2 bridgehead atoms. The summed E-state index contributed by atoms with van der Waals surface area (Å²) in [7, 11) is 1.25. The van der Waals surface area contributed by atoms with E-state index in [2.05, 4.69) is 16.1 Å². The molecule has 2 aliphatic carbocycles. The first-order valence-electron chi connectivity index (χ1n) is 6.79. The number of esters is 1. The molecular weight excluding hydrogens is 262 g/mol. The smallest absolute Gasteiger partial charge is 0.326 e. The summed E-state index contributed by atoms with van der Waals surface area (Å²) >= 11 is 0. The fourth-order valence-electron chi connectivity index (χ4n) is 2.98. The summed E-state index contributed by atoms with van der Waals surface area (Å²) in [5.74, 6) is -1.28. The van der Waals surface area contributed by atoms with Crippen molar-refractivity contribution in [2.75, 3.05) is 7.11 Å². The maximum Gasteiger partial charge on any atom is 0.326 e. The summed E-state index contributed by atoms with van der Waals surface area (Å²) in [4.78, 5) is 34.3. The summed E-state index contributed by atoms with van der Waals surface area (Å²) < 4.78 is 4.47. The fraction of sp³-hybridized carbons (Fsp3) is 0.643. The van der Waals surface area contributed by atoms with Crippen LogP contribution in [0.1, 0.15) is 25.7 Å². The van der Waals surface area contributed by atoms with Crippen molar-refractivity contribution in [2.24, 2.45) is 17.8 Å². The van der Waals surface area contributed by atoms with E-state index in [0.29, 0.717) is 5.92 Å². The lowest BCUT2D eigenvalue weighted by Crippen LogP contribution is -2.44. The van der Waals surface area contributed by atoms with Crippen LogP contribution in [0.3, 0.4) is 0 Å².